The van der Waals surface area contributed by atoms with E-state index in [1.165, 1.54) is 6.42 Å². The highest BCUT2D eigenvalue weighted by atomic mass is 16.5. The lowest BCUT2D eigenvalue weighted by Gasteiger charge is -2.46. The predicted molar refractivity (Wildman–Crippen MR) is 56.9 cm³/mol. The van der Waals surface area contributed by atoms with Crippen LogP contribution in [0.4, 0.5) is 0 Å². The monoisotopic (exact) mass is 210 g/mol. The molecule has 0 spiro atoms. The van der Waals surface area contributed by atoms with Crippen molar-refractivity contribution in [3.63, 3.8) is 0 Å². The van der Waals surface area contributed by atoms with Crippen LogP contribution in [0.2, 0.25) is 0 Å². The molecule has 1 unspecified atom stereocenters. The first-order valence-corrected chi connectivity index (χ1v) is 5.23. The van der Waals surface area contributed by atoms with Crippen molar-refractivity contribution in [1.29, 1.82) is 0 Å². The quantitative estimate of drug-likeness (QED) is 0.561. The van der Waals surface area contributed by atoms with Gasteiger partial charge < -0.3 is 4.74 Å². The van der Waals surface area contributed by atoms with Crippen LogP contribution < -0.4 is 11.3 Å². The van der Waals surface area contributed by atoms with Crippen molar-refractivity contribution in [2.24, 2.45) is 12.9 Å². The van der Waals surface area contributed by atoms with Crippen LogP contribution in [0.15, 0.2) is 12.3 Å². The molecule has 0 aromatic carbocycles. The molecule has 1 fully saturated rings. The molecule has 15 heavy (non-hydrogen) atoms. The van der Waals surface area contributed by atoms with Gasteiger partial charge in [-0.2, -0.15) is 5.10 Å². The highest BCUT2D eigenvalue weighted by molar-refractivity contribution is 5.15. The fourth-order valence-electron chi connectivity index (χ4n) is 2.31. The molecule has 2 rings (SSSR count). The summed E-state index contributed by atoms with van der Waals surface area (Å²) in [4.78, 5) is 0. The van der Waals surface area contributed by atoms with Gasteiger partial charge in [0.1, 0.15) is 0 Å². The second-order valence-corrected chi connectivity index (χ2v) is 4.10. The number of hydrogen-bond donors (Lipinski definition) is 2. The lowest BCUT2D eigenvalue weighted by Crippen LogP contribution is -2.53. The Labute approximate surface area is 89.6 Å². The number of hydrazine groups is 1. The minimum absolute atomic E-state index is 0.0174. The topological polar surface area (TPSA) is 65.1 Å². The molecule has 3 N–H and O–H groups in total. The maximum absolute atomic E-state index is 5.63. The van der Waals surface area contributed by atoms with Crippen LogP contribution in [0.5, 0.6) is 0 Å². The molecule has 1 aliphatic carbocycles. The number of nitrogens with two attached hydrogens (primary N) is 1. The Morgan fingerprint density at radius 2 is 2.40 bits per heavy atom. The number of methoxy groups -OCH3 is 1. The fraction of sp³-hybridized carbons (Fsp3) is 0.700. The van der Waals surface area contributed by atoms with E-state index in [2.05, 4.69) is 10.5 Å². The van der Waals surface area contributed by atoms with Crippen LogP contribution in [0.1, 0.15) is 31.0 Å². The summed E-state index contributed by atoms with van der Waals surface area (Å²) in [7, 11) is 3.67. The summed E-state index contributed by atoms with van der Waals surface area (Å²) >= 11 is 0. The van der Waals surface area contributed by atoms with Crippen LogP contribution in [0.25, 0.3) is 0 Å². The second kappa shape index (κ2) is 3.92. The molecule has 0 aliphatic heterocycles. The number of aryl methyl sites for hydroxylation is 1. The minimum Gasteiger partial charge on any atom is -0.376 e. The number of rotatable bonds is 4. The van der Waals surface area contributed by atoms with E-state index in [4.69, 9.17) is 10.6 Å². The molecule has 84 valence electrons. The Morgan fingerprint density at radius 1 is 1.67 bits per heavy atom. The van der Waals surface area contributed by atoms with Crippen LogP contribution in [-0.4, -0.2) is 22.5 Å². The zero-order chi connectivity index (χ0) is 10.9. The third kappa shape index (κ3) is 1.56. The number of nitrogens with zero attached hydrogens (tertiary/aromatic N) is 2. The third-order valence-electron chi connectivity index (χ3n) is 3.45. The largest absolute Gasteiger partial charge is 0.376 e. The molecule has 1 heterocycles. The molecular weight excluding hydrogens is 192 g/mol. The lowest BCUT2D eigenvalue weighted by molar-refractivity contribution is -0.101. The summed E-state index contributed by atoms with van der Waals surface area (Å²) < 4.78 is 7.46. The van der Waals surface area contributed by atoms with Gasteiger partial charge in [0, 0.05) is 20.4 Å². The Morgan fingerprint density at radius 3 is 2.73 bits per heavy atom. The van der Waals surface area contributed by atoms with E-state index in [1.807, 2.05) is 17.8 Å². The molecule has 1 aromatic rings. The highest BCUT2D eigenvalue weighted by Gasteiger charge is 2.45. The predicted octanol–water partition coefficient (Wildman–Crippen LogP) is 0.494. The Kier molecular flexibility index (Phi) is 2.77. The van der Waals surface area contributed by atoms with E-state index in [0.29, 0.717) is 0 Å². The van der Waals surface area contributed by atoms with Crippen molar-refractivity contribution in [2.45, 2.75) is 30.9 Å². The zero-order valence-corrected chi connectivity index (χ0v) is 9.23. The summed E-state index contributed by atoms with van der Waals surface area (Å²) in [5, 5.41) is 4.16. The number of hydrogen-bond acceptors (Lipinski definition) is 4. The number of aromatic nitrogens is 2. The van der Waals surface area contributed by atoms with Crippen LogP contribution in [0.3, 0.4) is 0 Å². The SMILES string of the molecule is COC1(C(NN)c2ccnn2C)CCC1. The van der Waals surface area contributed by atoms with Crippen molar-refractivity contribution < 1.29 is 4.74 Å². The Balaban J connectivity index is 2.27. The summed E-state index contributed by atoms with van der Waals surface area (Å²) in [6.07, 6.45) is 5.07. The van der Waals surface area contributed by atoms with Gasteiger partial charge in [-0.3, -0.25) is 10.5 Å². The van der Waals surface area contributed by atoms with E-state index < -0.39 is 0 Å². The van der Waals surface area contributed by atoms with Gasteiger partial charge in [0.25, 0.3) is 0 Å². The molecule has 1 saturated carbocycles. The summed E-state index contributed by atoms with van der Waals surface area (Å²) in [5.41, 5.74) is 3.77. The first-order valence-electron chi connectivity index (χ1n) is 5.23. The van der Waals surface area contributed by atoms with Crippen LogP contribution in [0, 0.1) is 0 Å². The maximum Gasteiger partial charge on any atom is 0.0918 e. The lowest BCUT2D eigenvalue weighted by atomic mass is 9.73. The first-order chi connectivity index (χ1) is 7.23. The average molecular weight is 210 g/mol. The van der Waals surface area contributed by atoms with Gasteiger partial charge in [-0.1, -0.05) is 0 Å². The summed E-state index contributed by atoms with van der Waals surface area (Å²) in [6, 6.07) is 1.99. The maximum atomic E-state index is 5.63. The van der Waals surface area contributed by atoms with Crippen molar-refractivity contribution in [1.82, 2.24) is 15.2 Å². The highest BCUT2D eigenvalue weighted by Crippen LogP contribution is 2.44. The van der Waals surface area contributed by atoms with E-state index in [1.54, 1.807) is 13.3 Å². The molecule has 0 amide bonds. The molecule has 1 aromatic heterocycles. The number of nitrogens with one attached hydrogen (secondary N) is 1. The number of ether oxygens (including phenoxy) is 1. The molecule has 0 bridgehead atoms. The molecule has 5 heteroatoms. The molecule has 5 nitrogen and oxygen atoms in total. The van der Waals surface area contributed by atoms with Gasteiger partial charge in [0.05, 0.1) is 17.3 Å². The molecular formula is C10H18N4O. The van der Waals surface area contributed by atoms with Crippen LogP contribution >= 0.6 is 0 Å². The standard InChI is InChI=1S/C10H18N4O/c1-14-8(4-7-12-14)9(13-11)10(15-2)5-3-6-10/h4,7,9,13H,3,5-6,11H2,1-2H3. The third-order valence-corrected chi connectivity index (χ3v) is 3.45. The van der Waals surface area contributed by atoms with Gasteiger partial charge in [0.15, 0.2) is 0 Å². The second-order valence-electron chi connectivity index (χ2n) is 4.10. The molecule has 0 radical (unpaired) electrons. The minimum atomic E-state index is -0.150. The van der Waals surface area contributed by atoms with E-state index in [-0.39, 0.29) is 11.6 Å². The van der Waals surface area contributed by atoms with Gasteiger partial charge in [-0.25, -0.2) is 5.43 Å². The first kappa shape index (κ1) is 10.6. The fourth-order valence-corrected chi connectivity index (χ4v) is 2.31. The molecule has 1 aliphatic rings. The van der Waals surface area contributed by atoms with Crippen molar-refractivity contribution in [3.05, 3.63) is 18.0 Å². The van der Waals surface area contributed by atoms with E-state index in [0.717, 1.165) is 18.5 Å². The summed E-state index contributed by atoms with van der Waals surface area (Å²) in [5.74, 6) is 5.63. The van der Waals surface area contributed by atoms with E-state index in [9.17, 15) is 0 Å². The van der Waals surface area contributed by atoms with Crippen LogP contribution in [-0.2, 0) is 11.8 Å². The molecule has 0 saturated heterocycles. The molecule has 1 atom stereocenters. The van der Waals surface area contributed by atoms with E-state index >= 15 is 0 Å². The van der Waals surface area contributed by atoms with Crippen molar-refractivity contribution in [3.8, 4) is 0 Å². The van der Waals surface area contributed by atoms with Gasteiger partial charge in [-0.15, -0.1) is 0 Å². The smallest absolute Gasteiger partial charge is 0.0918 e. The Hall–Kier alpha value is -0.910. The van der Waals surface area contributed by atoms with Gasteiger partial charge in [-0.05, 0) is 25.3 Å². The normalized spacial score (nSPS) is 21.0. The summed E-state index contributed by atoms with van der Waals surface area (Å²) in [6.45, 7) is 0. The van der Waals surface area contributed by atoms with Gasteiger partial charge in [0.2, 0.25) is 0 Å². The average Bonchev–Trinajstić information content (AvgIpc) is 2.58. The zero-order valence-electron chi connectivity index (χ0n) is 9.23. The Bertz CT molecular complexity index is 326. The van der Waals surface area contributed by atoms with Crippen molar-refractivity contribution in [2.75, 3.05) is 7.11 Å². The van der Waals surface area contributed by atoms with Gasteiger partial charge >= 0.3 is 0 Å². The van der Waals surface area contributed by atoms with Crippen molar-refractivity contribution >= 4 is 0 Å².